The molecule has 0 aliphatic carbocycles. The molecule has 3 aromatic carbocycles. The molecule has 0 aliphatic heterocycles. The fourth-order valence-corrected chi connectivity index (χ4v) is 14.0. The van der Waals surface area contributed by atoms with Gasteiger partial charge in [0.25, 0.3) is 0 Å². The molecule has 0 amide bonds. The molecule has 0 bridgehead atoms. The van der Waals surface area contributed by atoms with Crippen LogP contribution in [-0.4, -0.2) is 22.2 Å². The van der Waals surface area contributed by atoms with Gasteiger partial charge in [-0.25, -0.2) is 0 Å². The zero-order valence-corrected chi connectivity index (χ0v) is 19.1. The molecule has 0 fully saturated rings. The van der Waals surface area contributed by atoms with Crippen molar-refractivity contribution in [3.63, 3.8) is 0 Å². The molecule has 0 atom stereocenters. The van der Waals surface area contributed by atoms with Crippen LogP contribution >= 0.6 is 8.92 Å². The predicted molar refractivity (Wildman–Crippen MR) is 122 cm³/mol. The van der Waals surface area contributed by atoms with Gasteiger partial charge in [-0.1, -0.05) is 6.07 Å². The molecule has 0 aliphatic rings. The molecule has 4 rings (SSSR count). The minimum Gasteiger partial charge on any atom is -0.672 e. The number of hydrogen-bond donors (Lipinski definition) is 0. The van der Waals surface area contributed by atoms with Gasteiger partial charge >= 0.3 is 128 Å². The maximum atomic E-state index is 7.33. The van der Waals surface area contributed by atoms with Crippen LogP contribution in [0.3, 0.4) is 0 Å². The van der Waals surface area contributed by atoms with Gasteiger partial charge in [0.1, 0.15) is 0 Å². The van der Waals surface area contributed by atoms with Gasteiger partial charge in [0.05, 0.1) is 0 Å². The zero-order valence-electron chi connectivity index (χ0n) is 15.5. The number of rotatable bonds is 4. The molecule has 0 unspecified atom stereocenters. The third-order valence-electron chi connectivity index (χ3n) is 4.42. The summed E-state index contributed by atoms with van der Waals surface area (Å²) >= 11 is -3.30. The molecule has 0 saturated carbocycles. The largest absolute Gasteiger partial charge is 0.672 e. The summed E-state index contributed by atoms with van der Waals surface area (Å²) in [6, 6.07) is 37.2. The number of pyridine rings is 1. The maximum Gasteiger partial charge on any atom is 0.0270 e. The van der Waals surface area contributed by atoms with Gasteiger partial charge in [0.2, 0.25) is 0 Å². The fourth-order valence-electron chi connectivity index (χ4n) is 3.01. The van der Waals surface area contributed by atoms with Crippen molar-refractivity contribution >= 4 is 36.9 Å². The molecule has 0 radical (unpaired) electrons. The van der Waals surface area contributed by atoms with Crippen LogP contribution in [0.2, 0.25) is 0 Å². The molecule has 1 N–H and O–H groups in total. The van der Waals surface area contributed by atoms with Gasteiger partial charge in [0.15, 0.2) is 0 Å². The number of halogens is 1. The number of hydrogen-bond acceptors (Lipinski definition) is 1. The first-order valence-electron chi connectivity index (χ1n) is 9.15. The second-order valence-electron chi connectivity index (χ2n) is 6.25. The maximum absolute atomic E-state index is 7.33. The minimum atomic E-state index is -3.30. The Balaban J connectivity index is 0.000000236. The standard InChI is InChI=1S/C6H7N2.3C6H5.ClH.Sn/c7-5-6-3-1-2-4-8-6;3*1-2-4-6-5-3-1;;/h1-4,7H,5H2;3*1-5H;1H;/q-1;;;;;+1/p-1. The van der Waals surface area contributed by atoms with E-state index in [9.17, 15) is 0 Å². The van der Waals surface area contributed by atoms with Crippen LogP contribution in [0.15, 0.2) is 115 Å². The van der Waals surface area contributed by atoms with Crippen molar-refractivity contribution in [1.29, 1.82) is 0 Å². The van der Waals surface area contributed by atoms with E-state index in [1.165, 1.54) is 10.7 Å². The summed E-state index contributed by atoms with van der Waals surface area (Å²) in [4.78, 5) is 3.91. The molecule has 140 valence electrons. The second-order valence-corrected chi connectivity index (χ2v) is 18.8. The first kappa shape index (κ1) is 20.6. The Bertz CT molecular complexity index is 852. The van der Waals surface area contributed by atoms with Gasteiger partial charge in [-0.2, -0.15) is 0 Å². The molecule has 4 heteroatoms. The Kier molecular flexibility index (Phi) is 7.66. The fraction of sp³-hybridized carbons (Fsp3) is 0.0417. The van der Waals surface area contributed by atoms with Crippen LogP contribution < -0.4 is 10.7 Å². The quantitative estimate of drug-likeness (QED) is 0.386. The number of benzene rings is 3. The van der Waals surface area contributed by atoms with Crippen LogP contribution in [0.4, 0.5) is 0 Å². The van der Waals surface area contributed by atoms with E-state index in [1.807, 2.05) is 36.4 Å². The Morgan fingerprint density at radius 2 is 1.00 bits per heavy atom. The van der Waals surface area contributed by atoms with Crippen molar-refractivity contribution < 1.29 is 0 Å². The second kappa shape index (κ2) is 10.4. The summed E-state index contributed by atoms with van der Waals surface area (Å²) in [5.74, 6) is 0. The molecule has 0 saturated heterocycles. The number of aromatic nitrogens is 1. The van der Waals surface area contributed by atoms with Crippen molar-refractivity contribution in [2.24, 2.45) is 0 Å². The van der Waals surface area contributed by atoms with Crippen molar-refractivity contribution in [2.75, 3.05) is 0 Å². The topological polar surface area (TPSA) is 36.7 Å². The SMILES string of the molecule is [Cl][Sn]([c]1ccccc1)([c]1ccccc1)[c]1ccccc1.[NH-]Cc1ccccn1. The predicted octanol–water partition coefficient (Wildman–Crippen LogP) is 4.53. The molecule has 1 aromatic heterocycles. The molecular formula is C24H22ClN2Sn-. The summed E-state index contributed by atoms with van der Waals surface area (Å²) in [5.41, 5.74) is 7.71. The van der Waals surface area contributed by atoms with Crippen molar-refractivity contribution in [3.8, 4) is 0 Å². The van der Waals surface area contributed by atoms with Gasteiger partial charge < -0.3 is 5.73 Å². The Hall–Kier alpha value is -2.14. The van der Waals surface area contributed by atoms with Gasteiger partial charge in [0, 0.05) is 11.9 Å². The summed E-state index contributed by atoms with van der Waals surface area (Å²) in [5, 5.41) is 0. The van der Waals surface area contributed by atoms with Crippen molar-refractivity contribution in [1.82, 2.24) is 4.98 Å². The van der Waals surface area contributed by atoms with E-state index in [2.05, 4.69) is 77.8 Å². The van der Waals surface area contributed by atoms with E-state index < -0.39 is 17.3 Å². The smallest absolute Gasteiger partial charge is 0.0270 e. The van der Waals surface area contributed by atoms with E-state index in [0.29, 0.717) is 0 Å². The van der Waals surface area contributed by atoms with Crippen LogP contribution in [0.25, 0.3) is 5.73 Å². The zero-order chi connectivity index (χ0) is 19.7. The molecule has 28 heavy (non-hydrogen) atoms. The molecule has 1 heterocycles. The van der Waals surface area contributed by atoms with Crippen LogP contribution in [0.5, 0.6) is 0 Å². The van der Waals surface area contributed by atoms with E-state index in [4.69, 9.17) is 14.7 Å². The van der Waals surface area contributed by atoms with Gasteiger partial charge in [-0.3, -0.25) is 4.98 Å². The van der Waals surface area contributed by atoms with E-state index in [-0.39, 0.29) is 6.54 Å². The van der Waals surface area contributed by atoms with Crippen LogP contribution in [0, 0.1) is 0 Å². The average Bonchev–Trinajstić information content (AvgIpc) is 2.81. The monoisotopic (exact) mass is 493 g/mol. The first-order valence-corrected chi connectivity index (χ1v) is 17.0. The van der Waals surface area contributed by atoms with E-state index in [1.54, 1.807) is 6.20 Å². The minimum absolute atomic E-state index is 0.279. The summed E-state index contributed by atoms with van der Waals surface area (Å²) in [6.45, 7) is 0.279. The van der Waals surface area contributed by atoms with Crippen molar-refractivity contribution in [2.45, 2.75) is 6.54 Å². The first-order chi connectivity index (χ1) is 13.7. The third kappa shape index (κ3) is 5.01. The third-order valence-corrected chi connectivity index (χ3v) is 18.5. The molecule has 0 spiro atoms. The van der Waals surface area contributed by atoms with Crippen LogP contribution in [-0.2, 0) is 6.54 Å². The van der Waals surface area contributed by atoms with E-state index in [0.717, 1.165) is 5.69 Å². The van der Waals surface area contributed by atoms with Crippen LogP contribution in [0.1, 0.15) is 5.69 Å². The summed E-state index contributed by atoms with van der Waals surface area (Å²) in [7, 11) is 7.33. The number of nitrogens with zero attached hydrogens (tertiary/aromatic N) is 1. The Morgan fingerprint density at radius 3 is 1.29 bits per heavy atom. The summed E-state index contributed by atoms with van der Waals surface area (Å²) in [6.07, 6.45) is 1.70. The average molecular weight is 493 g/mol. The molecule has 4 aromatic rings. The van der Waals surface area contributed by atoms with Gasteiger partial charge in [-0.15, -0.1) is 6.54 Å². The normalized spacial score (nSPS) is 10.6. The van der Waals surface area contributed by atoms with E-state index >= 15 is 0 Å². The van der Waals surface area contributed by atoms with Crippen molar-refractivity contribution in [3.05, 3.63) is 127 Å². The molecular weight excluding hydrogens is 470 g/mol. The summed E-state index contributed by atoms with van der Waals surface area (Å²) < 4.78 is 3.88. The van der Waals surface area contributed by atoms with Gasteiger partial charge in [-0.05, 0) is 12.1 Å². The number of nitrogens with one attached hydrogen (secondary N) is 1. The Labute approximate surface area is 174 Å². The molecule has 2 nitrogen and oxygen atoms in total. The Morgan fingerprint density at radius 1 is 0.607 bits per heavy atom.